The first kappa shape index (κ1) is 16.0. The van der Waals surface area contributed by atoms with Crippen LogP contribution in [0.1, 0.15) is 15.9 Å². The van der Waals surface area contributed by atoms with Crippen LogP contribution in [-0.4, -0.2) is 18.1 Å². The van der Waals surface area contributed by atoms with Gasteiger partial charge in [0.2, 0.25) is 0 Å². The molecule has 0 atom stereocenters. The molecule has 122 valence electrons. The average molecular weight is 331 g/mol. The molecule has 0 unspecified atom stereocenters. The largest absolute Gasteiger partial charge is 0.465 e. The monoisotopic (exact) mass is 331 g/mol. The summed E-state index contributed by atoms with van der Waals surface area (Å²) in [5.74, 6) is -0.552. The topological polar surface area (TPSA) is 39.2 Å². The molecular weight excluding hydrogens is 319 g/mol. The Labute approximate surface area is 135 Å². The zero-order chi connectivity index (χ0) is 17.3. The Morgan fingerprint density at radius 3 is 2.58 bits per heavy atom. The van der Waals surface area contributed by atoms with Crippen LogP contribution in [0.2, 0.25) is 0 Å². The maximum absolute atomic E-state index is 13.3. The van der Waals surface area contributed by atoms with Crippen molar-refractivity contribution in [2.24, 2.45) is 0 Å². The number of methoxy groups -OCH3 is 1. The van der Waals surface area contributed by atoms with Crippen molar-refractivity contribution < 1.29 is 22.7 Å². The Morgan fingerprint density at radius 2 is 1.88 bits per heavy atom. The van der Waals surface area contributed by atoms with E-state index in [1.54, 1.807) is 30.3 Å². The van der Waals surface area contributed by atoms with E-state index in [-0.39, 0.29) is 11.3 Å². The fourth-order valence-corrected chi connectivity index (χ4v) is 2.57. The number of nitrogens with zero attached hydrogens (tertiary/aromatic N) is 1. The lowest BCUT2D eigenvalue weighted by Crippen LogP contribution is -2.08. The van der Waals surface area contributed by atoms with Crippen LogP contribution in [0.5, 0.6) is 0 Å². The predicted molar refractivity (Wildman–Crippen MR) is 83.5 cm³/mol. The second-order valence-electron chi connectivity index (χ2n) is 5.13. The molecule has 2 aromatic carbocycles. The van der Waals surface area contributed by atoms with Gasteiger partial charge in [-0.2, -0.15) is 13.2 Å². The van der Waals surface area contributed by atoms with Gasteiger partial charge in [0.15, 0.2) is 0 Å². The Hall–Kier alpha value is -2.89. The molecule has 0 radical (unpaired) electrons. The van der Waals surface area contributed by atoms with Gasteiger partial charge in [-0.15, -0.1) is 0 Å². The molecule has 0 N–H and O–H groups in total. The molecule has 0 saturated carbocycles. The Morgan fingerprint density at radius 1 is 1.08 bits per heavy atom. The van der Waals surface area contributed by atoms with E-state index in [9.17, 15) is 18.0 Å². The number of fused-ring (bicyclic) bond motifs is 1. The second-order valence-corrected chi connectivity index (χ2v) is 5.13. The minimum atomic E-state index is -4.52. The summed E-state index contributed by atoms with van der Waals surface area (Å²) in [6, 6.07) is 12.0. The number of rotatable bonds is 2. The highest BCUT2D eigenvalue weighted by molar-refractivity contribution is 6.01. The maximum atomic E-state index is 13.3. The van der Waals surface area contributed by atoms with Crippen LogP contribution in [0.3, 0.4) is 0 Å². The minimum Gasteiger partial charge on any atom is -0.465 e. The first-order valence-corrected chi connectivity index (χ1v) is 7.05. The Kier molecular flexibility index (Phi) is 3.97. The molecular formula is C18H12F3NO2. The molecule has 0 aliphatic heterocycles. The van der Waals surface area contributed by atoms with Gasteiger partial charge in [0.25, 0.3) is 0 Å². The summed E-state index contributed by atoms with van der Waals surface area (Å²) in [6.45, 7) is 0. The highest BCUT2D eigenvalue weighted by Gasteiger charge is 2.34. The summed E-state index contributed by atoms with van der Waals surface area (Å²) in [6.07, 6.45) is -3.21. The molecule has 1 heterocycles. The van der Waals surface area contributed by atoms with Crippen molar-refractivity contribution in [3.05, 3.63) is 65.9 Å². The lowest BCUT2D eigenvalue weighted by atomic mass is 9.97. The summed E-state index contributed by atoms with van der Waals surface area (Å²) in [5, 5.41) is 1.21. The fraction of sp³-hybridized carbons (Fsp3) is 0.111. The van der Waals surface area contributed by atoms with Crippen LogP contribution < -0.4 is 0 Å². The van der Waals surface area contributed by atoms with Gasteiger partial charge < -0.3 is 4.74 Å². The number of aromatic nitrogens is 1. The van der Waals surface area contributed by atoms with E-state index >= 15 is 0 Å². The zero-order valence-corrected chi connectivity index (χ0v) is 12.6. The molecule has 24 heavy (non-hydrogen) atoms. The molecule has 0 aliphatic rings. The van der Waals surface area contributed by atoms with Gasteiger partial charge in [0.1, 0.15) is 0 Å². The molecule has 3 rings (SSSR count). The number of carbonyl (C=O) groups excluding carboxylic acids is 1. The minimum absolute atomic E-state index is 0.169. The van der Waals surface area contributed by atoms with Crippen molar-refractivity contribution in [1.29, 1.82) is 0 Å². The third kappa shape index (κ3) is 2.82. The molecule has 0 saturated heterocycles. The highest BCUT2D eigenvalue weighted by atomic mass is 19.4. The number of alkyl halides is 3. The first-order valence-electron chi connectivity index (χ1n) is 7.05. The van der Waals surface area contributed by atoms with Gasteiger partial charge in [-0.25, -0.2) is 4.79 Å². The molecule has 3 aromatic rings. The van der Waals surface area contributed by atoms with Crippen molar-refractivity contribution in [1.82, 2.24) is 4.98 Å². The summed E-state index contributed by atoms with van der Waals surface area (Å²) in [7, 11) is 1.25. The normalized spacial score (nSPS) is 11.5. The number of pyridine rings is 1. The fourth-order valence-electron chi connectivity index (χ4n) is 2.57. The van der Waals surface area contributed by atoms with E-state index in [2.05, 4.69) is 9.72 Å². The van der Waals surface area contributed by atoms with E-state index in [1.807, 2.05) is 0 Å². The number of ether oxygens (including phenoxy) is 1. The molecule has 0 bridgehead atoms. The van der Waals surface area contributed by atoms with Gasteiger partial charge in [-0.05, 0) is 35.0 Å². The number of halogens is 3. The maximum Gasteiger partial charge on any atom is 0.418 e. The first-order chi connectivity index (χ1) is 11.4. The third-order valence-electron chi connectivity index (χ3n) is 3.67. The smallest absolute Gasteiger partial charge is 0.418 e. The zero-order valence-electron chi connectivity index (χ0n) is 12.6. The van der Waals surface area contributed by atoms with Gasteiger partial charge in [0.05, 0.1) is 23.9 Å². The third-order valence-corrected chi connectivity index (χ3v) is 3.67. The summed E-state index contributed by atoms with van der Waals surface area (Å²) in [4.78, 5) is 15.6. The lowest BCUT2D eigenvalue weighted by molar-refractivity contribution is -0.137. The summed E-state index contributed by atoms with van der Waals surface area (Å²) >= 11 is 0. The van der Waals surface area contributed by atoms with Crippen LogP contribution >= 0.6 is 0 Å². The molecule has 0 amide bonds. The van der Waals surface area contributed by atoms with Crippen LogP contribution in [0.25, 0.3) is 22.0 Å². The van der Waals surface area contributed by atoms with Gasteiger partial charge in [-0.3, -0.25) is 4.98 Å². The van der Waals surface area contributed by atoms with Gasteiger partial charge in [0, 0.05) is 11.8 Å². The molecule has 1 aromatic heterocycles. The van der Waals surface area contributed by atoms with Crippen molar-refractivity contribution in [3.8, 4) is 11.3 Å². The standard InChI is InChI=1S/C18H12F3NO2/c1-24-17(23)12-8-7-11-4-2-5-13(14(11)10-12)16-15(18(19,20)21)6-3-9-22-16/h2-10H,1H3. The van der Waals surface area contributed by atoms with E-state index in [1.165, 1.54) is 25.4 Å². The van der Waals surface area contributed by atoms with Crippen molar-refractivity contribution in [3.63, 3.8) is 0 Å². The molecule has 0 spiro atoms. The van der Waals surface area contributed by atoms with Crippen LogP contribution in [0.4, 0.5) is 13.2 Å². The molecule has 6 heteroatoms. The van der Waals surface area contributed by atoms with Crippen LogP contribution in [0, 0.1) is 0 Å². The molecule has 0 fully saturated rings. The molecule has 3 nitrogen and oxygen atoms in total. The SMILES string of the molecule is COC(=O)c1ccc2cccc(-c3ncccc3C(F)(F)F)c2c1. The van der Waals surface area contributed by atoms with Crippen molar-refractivity contribution in [2.75, 3.05) is 7.11 Å². The summed E-state index contributed by atoms with van der Waals surface area (Å²) in [5.41, 5.74) is -0.410. The quantitative estimate of drug-likeness (QED) is 0.639. The van der Waals surface area contributed by atoms with Gasteiger partial charge >= 0.3 is 12.1 Å². The van der Waals surface area contributed by atoms with E-state index in [0.29, 0.717) is 16.3 Å². The number of hydrogen-bond acceptors (Lipinski definition) is 3. The van der Waals surface area contributed by atoms with Crippen LogP contribution in [-0.2, 0) is 10.9 Å². The molecule has 0 aliphatic carbocycles. The number of carbonyl (C=O) groups is 1. The Balaban J connectivity index is 2.30. The van der Waals surface area contributed by atoms with E-state index < -0.39 is 17.7 Å². The van der Waals surface area contributed by atoms with Crippen molar-refractivity contribution in [2.45, 2.75) is 6.18 Å². The second kappa shape index (κ2) is 5.96. The number of hydrogen-bond donors (Lipinski definition) is 0. The van der Waals surface area contributed by atoms with Crippen molar-refractivity contribution >= 4 is 16.7 Å². The van der Waals surface area contributed by atoms with Gasteiger partial charge in [-0.1, -0.05) is 24.3 Å². The Bertz CT molecular complexity index is 920. The van der Waals surface area contributed by atoms with E-state index in [0.717, 1.165) is 6.07 Å². The average Bonchev–Trinajstić information content (AvgIpc) is 2.59. The predicted octanol–water partition coefficient (Wildman–Crippen LogP) is 4.71. The lowest BCUT2D eigenvalue weighted by Gasteiger charge is -2.14. The number of esters is 1. The van der Waals surface area contributed by atoms with E-state index in [4.69, 9.17) is 0 Å². The number of benzene rings is 2. The highest BCUT2D eigenvalue weighted by Crippen LogP contribution is 2.38. The summed E-state index contributed by atoms with van der Waals surface area (Å²) < 4.78 is 44.5. The van der Waals surface area contributed by atoms with Crippen LogP contribution in [0.15, 0.2) is 54.7 Å².